The van der Waals surface area contributed by atoms with Crippen LogP contribution in [0.15, 0.2) is 36.9 Å². The number of halogens is 2. The van der Waals surface area contributed by atoms with Gasteiger partial charge in [-0.2, -0.15) is 0 Å². The molecule has 0 aliphatic rings. The standard InChI is InChI=1S/C21H24F2N4O3/c1-12-7-16(8-25-20(12)30-11-21(4,22)23)13(2)27-9-15-5-6-24-18(17(15)10-27)26-19(29)14(3)28/h5-10,13-14,28H,11H2,1-4H3,(H,24,26,29)/t13?,14-/m1/s1. The number of carbonyl (C=O) groups is 1. The summed E-state index contributed by atoms with van der Waals surface area (Å²) >= 11 is 0. The maximum Gasteiger partial charge on any atom is 0.278 e. The van der Waals surface area contributed by atoms with Gasteiger partial charge in [-0.15, -0.1) is 0 Å². The van der Waals surface area contributed by atoms with Crippen LogP contribution in [0.1, 0.15) is 37.9 Å². The van der Waals surface area contributed by atoms with Gasteiger partial charge in [0.1, 0.15) is 11.9 Å². The Kier molecular flexibility index (Phi) is 6.02. The molecule has 0 spiro atoms. The van der Waals surface area contributed by atoms with Crippen LogP contribution >= 0.6 is 0 Å². The topological polar surface area (TPSA) is 89.3 Å². The van der Waals surface area contributed by atoms with Crippen molar-refractivity contribution in [2.75, 3.05) is 11.9 Å². The fourth-order valence-electron chi connectivity index (χ4n) is 2.96. The van der Waals surface area contributed by atoms with Crippen LogP contribution in [-0.4, -0.2) is 44.2 Å². The fraction of sp³-hybridized carbons (Fsp3) is 0.381. The molecule has 0 saturated carbocycles. The number of nitrogens with one attached hydrogen (secondary N) is 1. The zero-order chi connectivity index (χ0) is 22.1. The molecule has 1 unspecified atom stereocenters. The zero-order valence-corrected chi connectivity index (χ0v) is 17.2. The van der Waals surface area contributed by atoms with Gasteiger partial charge in [0.25, 0.3) is 11.8 Å². The quantitative estimate of drug-likeness (QED) is 0.611. The van der Waals surface area contributed by atoms with Crippen molar-refractivity contribution in [2.24, 2.45) is 0 Å². The molecular formula is C21H24F2N4O3. The van der Waals surface area contributed by atoms with E-state index in [0.29, 0.717) is 11.4 Å². The molecule has 1 amide bonds. The zero-order valence-electron chi connectivity index (χ0n) is 17.2. The molecule has 0 saturated heterocycles. The first-order valence-corrected chi connectivity index (χ1v) is 9.47. The van der Waals surface area contributed by atoms with Crippen LogP contribution in [0.3, 0.4) is 0 Å². The van der Waals surface area contributed by atoms with Gasteiger partial charge in [0.15, 0.2) is 6.61 Å². The summed E-state index contributed by atoms with van der Waals surface area (Å²) in [5.74, 6) is -2.93. The SMILES string of the molecule is Cc1cc(C(C)n2cc3ccnc(NC(=O)[C@@H](C)O)c3c2)cnc1OCC(C)(F)F. The number of aryl methyl sites for hydroxylation is 1. The first kappa shape index (κ1) is 21.6. The van der Waals surface area contributed by atoms with Crippen LogP contribution in [0.4, 0.5) is 14.6 Å². The first-order valence-electron chi connectivity index (χ1n) is 9.47. The number of hydrogen-bond donors (Lipinski definition) is 2. The van der Waals surface area contributed by atoms with Crippen LogP contribution in [0.25, 0.3) is 10.8 Å². The minimum atomic E-state index is -2.93. The lowest BCUT2D eigenvalue weighted by atomic mass is 10.1. The molecule has 0 aromatic carbocycles. The highest BCUT2D eigenvalue weighted by Crippen LogP contribution is 2.28. The lowest BCUT2D eigenvalue weighted by Crippen LogP contribution is -2.24. The number of hydrogen-bond acceptors (Lipinski definition) is 5. The maximum absolute atomic E-state index is 13.0. The van der Waals surface area contributed by atoms with E-state index in [1.54, 1.807) is 19.3 Å². The molecule has 2 N–H and O–H groups in total. The van der Waals surface area contributed by atoms with E-state index < -0.39 is 24.5 Å². The maximum atomic E-state index is 13.0. The molecule has 0 radical (unpaired) electrons. The molecular weight excluding hydrogens is 394 g/mol. The van der Waals surface area contributed by atoms with E-state index >= 15 is 0 Å². The predicted octanol–water partition coefficient (Wildman–Crippen LogP) is 3.70. The lowest BCUT2D eigenvalue weighted by molar-refractivity contribution is -0.123. The Morgan fingerprint density at radius 1 is 1.33 bits per heavy atom. The van der Waals surface area contributed by atoms with Crippen molar-refractivity contribution >= 4 is 22.5 Å². The van der Waals surface area contributed by atoms with Crippen molar-refractivity contribution < 1.29 is 23.4 Å². The molecule has 0 aliphatic heterocycles. The molecule has 0 bridgehead atoms. The van der Waals surface area contributed by atoms with Crippen LogP contribution in [-0.2, 0) is 4.79 Å². The second kappa shape index (κ2) is 8.35. The van der Waals surface area contributed by atoms with E-state index in [2.05, 4.69) is 15.3 Å². The fourth-order valence-corrected chi connectivity index (χ4v) is 2.96. The second-order valence-electron chi connectivity index (χ2n) is 7.46. The summed E-state index contributed by atoms with van der Waals surface area (Å²) in [6.45, 7) is 5.17. The number of ether oxygens (including phenoxy) is 1. The Morgan fingerprint density at radius 2 is 2.07 bits per heavy atom. The Labute approximate surface area is 172 Å². The van der Waals surface area contributed by atoms with Gasteiger partial charge in [-0.1, -0.05) is 0 Å². The van der Waals surface area contributed by atoms with Crippen LogP contribution in [0.5, 0.6) is 5.88 Å². The average Bonchev–Trinajstić information content (AvgIpc) is 3.11. The highest BCUT2D eigenvalue weighted by Gasteiger charge is 2.23. The van der Waals surface area contributed by atoms with Gasteiger partial charge < -0.3 is 19.7 Å². The number of aliphatic hydroxyl groups is 1. The van der Waals surface area contributed by atoms with E-state index in [1.807, 2.05) is 36.0 Å². The first-order chi connectivity index (χ1) is 14.0. The summed E-state index contributed by atoms with van der Waals surface area (Å²) in [7, 11) is 0. The van der Waals surface area contributed by atoms with Crippen molar-refractivity contribution in [1.82, 2.24) is 14.5 Å². The number of aliphatic hydroxyl groups excluding tert-OH is 1. The minimum Gasteiger partial charge on any atom is -0.471 e. The van der Waals surface area contributed by atoms with Crippen molar-refractivity contribution in [1.29, 1.82) is 0 Å². The van der Waals surface area contributed by atoms with Crippen molar-refractivity contribution in [2.45, 2.75) is 45.8 Å². The van der Waals surface area contributed by atoms with Crippen molar-refractivity contribution in [3.63, 3.8) is 0 Å². The van der Waals surface area contributed by atoms with E-state index in [-0.39, 0.29) is 11.9 Å². The largest absolute Gasteiger partial charge is 0.471 e. The Balaban J connectivity index is 1.85. The molecule has 160 valence electrons. The second-order valence-corrected chi connectivity index (χ2v) is 7.46. The van der Waals surface area contributed by atoms with Gasteiger partial charge in [-0.3, -0.25) is 4.79 Å². The summed E-state index contributed by atoms with van der Waals surface area (Å²) < 4.78 is 33.1. The molecule has 3 rings (SSSR count). The van der Waals surface area contributed by atoms with Gasteiger partial charge in [-0.25, -0.2) is 18.7 Å². The molecule has 3 aromatic heterocycles. The van der Waals surface area contributed by atoms with E-state index in [0.717, 1.165) is 23.3 Å². The van der Waals surface area contributed by atoms with Crippen molar-refractivity contribution in [3.05, 3.63) is 48.0 Å². The number of anilines is 1. The van der Waals surface area contributed by atoms with Gasteiger partial charge in [-0.05, 0) is 38.5 Å². The molecule has 9 heteroatoms. The number of amides is 1. The number of nitrogens with zero attached hydrogens (tertiary/aromatic N) is 3. The van der Waals surface area contributed by atoms with Crippen LogP contribution in [0.2, 0.25) is 0 Å². The number of alkyl halides is 2. The van der Waals surface area contributed by atoms with Crippen LogP contribution in [0, 0.1) is 6.92 Å². The summed E-state index contributed by atoms with van der Waals surface area (Å²) in [5.41, 5.74) is 1.53. The van der Waals surface area contributed by atoms with Gasteiger partial charge in [0.2, 0.25) is 5.88 Å². The molecule has 7 nitrogen and oxygen atoms in total. The molecule has 2 atom stereocenters. The number of rotatable bonds is 7. The lowest BCUT2D eigenvalue weighted by Gasteiger charge is -2.17. The third kappa shape index (κ3) is 4.91. The molecule has 0 fully saturated rings. The normalized spacial score (nSPS) is 13.8. The average molecular weight is 418 g/mol. The van der Waals surface area contributed by atoms with Gasteiger partial charge in [0, 0.05) is 48.0 Å². The third-order valence-corrected chi connectivity index (χ3v) is 4.65. The molecule has 0 aliphatic carbocycles. The third-order valence-electron chi connectivity index (χ3n) is 4.65. The highest BCUT2D eigenvalue weighted by atomic mass is 19.3. The Bertz CT molecular complexity index is 1060. The predicted molar refractivity (Wildman–Crippen MR) is 109 cm³/mol. The number of fused-ring (bicyclic) bond motifs is 1. The summed E-state index contributed by atoms with van der Waals surface area (Å²) in [6, 6.07) is 3.55. The monoisotopic (exact) mass is 418 g/mol. The molecule has 30 heavy (non-hydrogen) atoms. The van der Waals surface area contributed by atoms with Crippen LogP contribution < -0.4 is 10.1 Å². The van der Waals surface area contributed by atoms with Gasteiger partial charge >= 0.3 is 0 Å². The van der Waals surface area contributed by atoms with Gasteiger partial charge in [0.05, 0.1) is 6.04 Å². The molecule has 3 aromatic rings. The van der Waals surface area contributed by atoms with Crippen molar-refractivity contribution in [3.8, 4) is 5.88 Å². The number of aromatic nitrogens is 3. The summed E-state index contributed by atoms with van der Waals surface area (Å²) in [6.07, 6.45) is 5.79. The molecule has 3 heterocycles. The minimum absolute atomic E-state index is 0.120. The highest BCUT2D eigenvalue weighted by molar-refractivity contribution is 6.01. The van der Waals surface area contributed by atoms with E-state index in [9.17, 15) is 18.7 Å². The Hall–Kier alpha value is -3.07. The summed E-state index contributed by atoms with van der Waals surface area (Å²) in [4.78, 5) is 20.2. The number of carbonyl (C=O) groups excluding carboxylic acids is 1. The van der Waals surface area contributed by atoms with E-state index in [4.69, 9.17) is 4.74 Å². The Morgan fingerprint density at radius 3 is 2.70 bits per heavy atom. The smallest absolute Gasteiger partial charge is 0.278 e. The van der Waals surface area contributed by atoms with E-state index in [1.165, 1.54) is 6.92 Å². The number of pyridine rings is 2. The summed E-state index contributed by atoms with van der Waals surface area (Å²) in [5, 5.41) is 13.6.